The van der Waals surface area contributed by atoms with Gasteiger partial charge in [-0.05, 0) is 58.5 Å². The monoisotopic (exact) mass is 401 g/mol. The van der Waals surface area contributed by atoms with E-state index in [1.54, 1.807) is 14.2 Å². The Morgan fingerprint density at radius 3 is 2.57 bits per heavy atom. The first-order valence-corrected chi connectivity index (χ1v) is 10.1. The number of thiophene rings is 1. The van der Waals surface area contributed by atoms with Crippen LogP contribution in [0.25, 0.3) is 5.00 Å². The summed E-state index contributed by atoms with van der Waals surface area (Å²) in [7, 11) is 3.28. The SMILES string of the molecule is COc1ccc(CN2CCC(n3nnn(-c4cccs4)c3=O)CC2)cc1OC. The van der Waals surface area contributed by atoms with Crippen LogP contribution in [0.3, 0.4) is 0 Å². The van der Waals surface area contributed by atoms with E-state index in [1.165, 1.54) is 26.3 Å². The molecule has 1 fully saturated rings. The van der Waals surface area contributed by atoms with Crippen molar-refractivity contribution < 1.29 is 9.47 Å². The van der Waals surface area contributed by atoms with Crippen molar-refractivity contribution in [2.75, 3.05) is 27.3 Å². The summed E-state index contributed by atoms with van der Waals surface area (Å²) < 4.78 is 13.6. The van der Waals surface area contributed by atoms with Gasteiger partial charge < -0.3 is 9.47 Å². The number of aromatic nitrogens is 4. The van der Waals surface area contributed by atoms with Gasteiger partial charge in [0, 0.05) is 19.6 Å². The van der Waals surface area contributed by atoms with Crippen LogP contribution in [0.2, 0.25) is 0 Å². The zero-order chi connectivity index (χ0) is 19.5. The highest BCUT2D eigenvalue weighted by Gasteiger charge is 2.24. The fourth-order valence-electron chi connectivity index (χ4n) is 3.57. The van der Waals surface area contributed by atoms with Crippen molar-refractivity contribution in [3.05, 3.63) is 51.8 Å². The number of hydrogen-bond acceptors (Lipinski definition) is 7. The lowest BCUT2D eigenvalue weighted by Crippen LogP contribution is -2.37. The molecule has 1 aliphatic rings. The molecule has 3 heterocycles. The molecule has 1 saturated heterocycles. The third kappa shape index (κ3) is 3.67. The van der Waals surface area contributed by atoms with Gasteiger partial charge in [-0.15, -0.1) is 11.3 Å². The lowest BCUT2D eigenvalue weighted by atomic mass is 10.0. The fourth-order valence-corrected chi connectivity index (χ4v) is 4.24. The molecule has 0 aliphatic carbocycles. The Morgan fingerprint density at radius 2 is 1.89 bits per heavy atom. The van der Waals surface area contributed by atoms with Gasteiger partial charge in [0.05, 0.1) is 20.3 Å². The molecule has 0 spiro atoms. The van der Waals surface area contributed by atoms with Crippen LogP contribution in [-0.2, 0) is 6.54 Å². The van der Waals surface area contributed by atoms with Gasteiger partial charge in [-0.25, -0.2) is 4.79 Å². The summed E-state index contributed by atoms with van der Waals surface area (Å²) in [6.45, 7) is 2.64. The Morgan fingerprint density at radius 1 is 1.11 bits per heavy atom. The van der Waals surface area contributed by atoms with Crippen molar-refractivity contribution in [1.82, 2.24) is 24.7 Å². The molecular formula is C19H23N5O3S. The Hall–Kier alpha value is -2.65. The number of benzene rings is 1. The maximum atomic E-state index is 12.6. The first-order valence-electron chi connectivity index (χ1n) is 9.21. The molecule has 9 heteroatoms. The third-order valence-electron chi connectivity index (χ3n) is 5.07. The van der Waals surface area contributed by atoms with Crippen LogP contribution in [0.5, 0.6) is 11.5 Å². The fraction of sp³-hybridized carbons (Fsp3) is 0.421. The lowest BCUT2D eigenvalue weighted by Gasteiger charge is -2.31. The lowest BCUT2D eigenvalue weighted by molar-refractivity contribution is 0.170. The van der Waals surface area contributed by atoms with Crippen LogP contribution in [0, 0.1) is 0 Å². The van der Waals surface area contributed by atoms with Gasteiger partial charge in [-0.1, -0.05) is 6.07 Å². The second-order valence-corrected chi connectivity index (χ2v) is 7.69. The molecule has 0 amide bonds. The van der Waals surface area contributed by atoms with E-state index in [0.29, 0.717) is 0 Å². The average molecular weight is 401 g/mol. The number of likely N-dealkylation sites (tertiary alicyclic amines) is 1. The Labute approximate surface area is 166 Å². The summed E-state index contributed by atoms with van der Waals surface area (Å²) in [6, 6.07) is 9.87. The summed E-state index contributed by atoms with van der Waals surface area (Å²) in [6.07, 6.45) is 1.74. The highest BCUT2D eigenvalue weighted by molar-refractivity contribution is 7.12. The van der Waals surface area contributed by atoms with E-state index in [9.17, 15) is 4.79 Å². The number of piperidine rings is 1. The maximum absolute atomic E-state index is 12.6. The molecule has 0 radical (unpaired) electrons. The van der Waals surface area contributed by atoms with Gasteiger partial charge in [-0.2, -0.15) is 9.36 Å². The number of hydrogen-bond donors (Lipinski definition) is 0. The van der Waals surface area contributed by atoms with Crippen molar-refractivity contribution in [1.29, 1.82) is 0 Å². The van der Waals surface area contributed by atoms with Crippen LogP contribution >= 0.6 is 11.3 Å². The topological polar surface area (TPSA) is 74.4 Å². The highest BCUT2D eigenvalue weighted by Crippen LogP contribution is 2.29. The zero-order valence-corrected chi connectivity index (χ0v) is 16.8. The van der Waals surface area contributed by atoms with Crippen molar-refractivity contribution in [2.24, 2.45) is 0 Å². The maximum Gasteiger partial charge on any atom is 0.369 e. The van der Waals surface area contributed by atoms with E-state index in [-0.39, 0.29) is 11.7 Å². The summed E-state index contributed by atoms with van der Waals surface area (Å²) in [5.41, 5.74) is 1.01. The molecule has 3 aromatic rings. The predicted molar refractivity (Wildman–Crippen MR) is 107 cm³/mol. The second-order valence-electron chi connectivity index (χ2n) is 6.77. The van der Waals surface area contributed by atoms with Gasteiger partial charge in [0.15, 0.2) is 11.5 Å². The Bertz CT molecular complexity index is 974. The minimum absolute atomic E-state index is 0.0860. The van der Waals surface area contributed by atoms with E-state index in [2.05, 4.69) is 21.4 Å². The van der Waals surface area contributed by atoms with E-state index in [0.717, 1.165) is 49.0 Å². The largest absolute Gasteiger partial charge is 0.493 e. The van der Waals surface area contributed by atoms with Crippen molar-refractivity contribution in [3.63, 3.8) is 0 Å². The van der Waals surface area contributed by atoms with Gasteiger partial charge in [0.25, 0.3) is 0 Å². The normalized spacial score (nSPS) is 15.6. The molecule has 148 valence electrons. The Kier molecular flexibility index (Phi) is 5.45. The third-order valence-corrected chi connectivity index (χ3v) is 5.92. The summed E-state index contributed by atoms with van der Waals surface area (Å²) in [4.78, 5) is 15.0. The average Bonchev–Trinajstić information content (AvgIpc) is 3.38. The molecule has 4 rings (SSSR count). The van der Waals surface area contributed by atoms with Gasteiger partial charge in [0.1, 0.15) is 5.00 Å². The van der Waals surface area contributed by atoms with E-state index in [1.807, 2.05) is 29.6 Å². The smallest absolute Gasteiger partial charge is 0.369 e. The molecule has 0 N–H and O–H groups in total. The minimum atomic E-state index is -0.166. The molecule has 1 aliphatic heterocycles. The molecule has 1 aromatic carbocycles. The number of nitrogens with zero attached hydrogens (tertiary/aromatic N) is 5. The van der Waals surface area contributed by atoms with Crippen molar-refractivity contribution in [3.8, 4) is 16.5 Å². The molecule has 8 nitrogen and oxygen atoms in total. The summed E-state index contributed by atoms with van der Waals surface area (Å²) >= 11 is 1.48. The number of tetrazole rings is 1. The second kappa shape index (κ2) is 8.15. The van der Waals surface area contributed by atoms with Crippen LogP contribution in [0.4, 0.5) is 0 Å². The van der Waals surface area contributed by atoms with Crippen LogP contribution in [0.15, 0.2) is 40.5 Å². The predicted octanol–water partition coefficient (Wildman–Crippen LogP) is 2.34. The van der Waals surface area contributed by atoms with Crippen LogP contribution in [-0.4, -0.2) is 52.0 Å². The van der Waals surface area contributed by atoms with E-state index >= 15 is 0 Å². The molecular weight excluding hydrogens is 378 g/mol. The molecule has 0 saturated carbocycles. The summed E-state index contributed by atoms with van der Waals surface area (Å²) in [5, 5.41) is 10.9. The molecule has 0 bridgehead atoms. The quantitative estimate of drug-likeness (QED) is 0.631. The minimum Gasteiger partial charge on any atom is -0.493 e. The molecule has 0 atom stereocenters. The zero-order valence-electron chi connectivity index (χ0n) is 15.9. The molecule has 28 heavy (non-hydrogen) atoms. The number of methoxy groups -OCH3 is 2. The first-order chi connectivity index (χ1) is 13.7. The van der Waals surface area contributed by atoms with Gasteiger partial charge >= 0.3 is 5.69 Å². The van der Waals surface area contributed by atoms with Crippen molar-refractivity contribution in [2.45, 2.75) is 25.4 Å². The Balaban J connectivity index is 1.40. The van der Waals surface area contributed by atoms with E-state index < -0.39 is 0 Å². The molecule has 2 aromatic heterocycles. The van der Waals surface area contributed by atoms with Crippen molar-refractivity contribution >= 4 is 11.3 Å². The summed E-state index contributed by atoms with van der Waals surface area (Å²) in [5.74, 6) is 1.48. The van der Waals surface area contributed by atoms with Gasteiger partial charge in [0.2, 0.25) is 0 Å². The number of rotatable bonds is 6. The standard InChI is InChI=1S/C19H23N5O3S/c1-26-16-6-5-14(12-17(16)27-2)13-22-9-7-15(8-10-22)23-19(25)24(21-20-23)18-4-3-11-28-18/h3-6,11-12,15H,7-10,13H2,1-2H3. The van der Waals surface area contributed by atoms with Gasteiger partial charge in [-0.3, -0.25) is 4.90 Å². The molecule has 0 unspecified atom stereocenters. The van der Waals surface area contributed by atoms with E-state index in [4.69, 9.17) is 9.47 Å². The van der Waals surface area contributed by atoms with Crippen LogP contribution < -0.4 is 15.2 Å². The van der Waals surface area contributed by atoms with Crippen LogP contribution in [0.1, 0.15) is 24.4 Å². The highest BCUT2D eigenvalue weighted by atomic mass is 32.1. The number of ether oxygens (including phenoxy) is 2. The first kappa shape index (κ1) is 18.7.